The molecule has 0 spiro atoms. The zero-order valence-corrected chi connectivity index (χ0v) is 20.9. The van der Waals surface area contributed by atoms with Gasteiger partial charge in [-0.15, -0.1) is 0 Å². The molecule has 0 aliphatic heterocycles. The third kappa shape index (κ3) is 7.60. The van der Waals surface area contributed by atoms with Crippen LogP contribution >= 0.6 is 43.5 Å². The molecule has 0 saturated heterocycles. The van der Waals surface area contributed by atoms with E-state index in [1.165, 1.54) is 4.90 Å². The molecule has 1 atom stereocenters. The van der Waals surface area contributed by atoms with Crippen molar-refractivity contribution in [3.63, 3.8) is 0 Å². The summed E-state index contributed by atoms with van der Waals surface area (Å²) in [4.78, 5) is 27.1. The molecule has 0 unspecified atom stereocenters. The van der Waals surface area contributed by atoms with Gasteiger partial charge in [0.25, 0.3) is 5.91 Å². The van der Waals surface area contributed by atoms with E-state index in [9.17, 15) is 9.59 Å². The van der Waals surface area contributed by atoms with Gasteiger partial charge >= 0.3 is 0 Å². The topological polar surface area (TPSA) is 58.6 Å². The minimum Gasteiger partial charge on any atom is -0.482 e. The van der Waals surface area contributed by atoms with Gasteiger partial charge in [0.1, 0.15) is 11.8 Å². The van der Waals surface area contributed by atoms with Crippen LogP contribution in [0.4, 0.5) is 0 Å². The molecule has 0 radical (unpaired) electrons. The van der Waals surface area contributed by atoms with Crippen molar-refractivity contribution in [2.45, 2.75) is 39.3 Å². The summed E-state index contributed by atoms with van der Waals surface area (Å²) in [5.74, 6) is -0.0671. The molecule has 2 amide bonds. The van der Waals surface area contributed by atoms with E-state index in [2.05, 4.69) is 44.1 Å². The predicted octanol–water partition coefficient (Wildman–Crippen LogP) is 5.58. The summed E-state index contributed by atoms with van der Waals surface area (Å²) in [6.07, 6.45) is 1.88. The maximum Gasteiger partial charge on any atom is 0.261 e. The minimum absolute atomic E-state index is 0.185. The fraction of sp³-hybridized carbons (Fsp3) is 0.364. The van der Waals surface area contributed by atoms with Crippen molar-refractivity contribution in [3.05, 3.63) is 62.0 Å². The molecular formula is C22H25Br2ClN2O3. The first-order valence-corrected chi connectivity index (χ1v) is 11.7. The first-order chi connectivity index (χ1) is 14.3. The second-order valence-corrected chi connectivity index (χ2v) is 9.07. The molecule has 30 heavy (non-hydrogen) atoms. The molecule has 2 rings (SSSR count). The summed E-state index contributed by atoms with van der Waals surface area (Å²) in [6, 6.07) is 12.2. The van der Waals surface area contributed by atoms with Crippen molar-refractivity contribution in [2.75, 3.05) is 13.2 Å². The van der Waals surface area contributed by atoms with Gasteiger partial charge in [-0.3, -0.25) is 9.59 Å². The third-order valence-corrected chi connectivity index (χ3v) is 5.83. The number of hydrogen-bond donors (Lipinski definition) is 1. The standard InChI is InChI=1S/C22H25Br2ClN2O3/c1-3-4-11-26-22(29)15(2)27(13-16-5-7-17(23)8-6-16)21(28)14-30-20-10-9-18(24)12-19(20)25/h5-10,12,15H,3-4,11,13-14H2,1-2H3,(H,26,29)/t15-/m0/s1. The number of halogens is 3. The van der Waals surface area contributed by atoms with Crippen LogP contribution in [0.3, 0.4) is 0 Å². The molecule has 2 aromatic rings. The normalized spacial score (nSPS) is 11.6. The van der Waals surface area contributed by atoms with Crippen molar-refractivity contribution in [1.29, 1.82) is 0 Å². The molecule has 0 aromatic heterocycles. The Morgan fingerprint density at radius 3 is 2.43 bits per heavy atom. The number of amides is 2. The first kappa shape index (κ1) is 24.7. The summed E-state index contributed by atoms with van der Waals surface area (Å²) in [6.45, 7) is 4.45. The zero-order valence-electron chi connectivity index (χ0n) is 17.0. The Kier molecular flexibility index (Phi) is 10.1. The van der Waals surface area contributed by atoms with Crippen molar-refractivity contribution in [1.82, 2.24) is 10.2 Å². The van der Waals surface area contributed by atoms with E-state index in [0.717, 1.165) is 27.4 Å². The molecule has 0 saturated carbocycles. The van der Waals surface area contributed by atoms with Gasteiger partial charge in [0.2, 0.25) is 5.91 Å². The third-order valence-electron chi connectivity index (χ3n) is 4.51. The molecule has 1 N–H and O–H groups in total. The molecule has 5 nitrogen and oxygen atoms in total. The van der Waals surface area contributed by atoms with Crippen LogP contribution < -0.4 is 10.1 Å². The molecule has 0 bridgehead atoms. The Bertz CT molecular complexity index is 862. The monoisotopic (exact) mass is 558 g/mol. The summed E-state index contributed by atoms with van der Waals surface area (Å²) in [5.41, 5.74) is 0.918. The van der Waals surface area contributed by atoms with Gasteiger partial charge in [0.05, 0.1) is 5.02 Å². The Hall–Kier alpha value is -1.57. The lowest BCUT2D eigenvalue weighted by atomic mass is 10.1. The Balaban J connectivity index is 2.12. The van der Waals surface area contributed by atoms with Crippen LogP contribution in [0.15, 0.2) is 51.4 Å². The minimum atomic E-state index is -0.637. The molecule has 8 heteroatoms. The van der Waals surface area contributed by atoms with Crippen LogP contribution in [0.2, 0.25) is 5.02 Å². The fourth-order valence-corrected chi connectivity index (χ4v) is 3.71. The highest BCUT2D eigenvalue weighted by Gasteiger charge is 2.26. The highest BCUT2D eigenvalue weighted by atomic mass is 79.9. The second kappa shape index (κ2) is 12.3. The fourth-order valence-electron chi connectivity index (χ4n) is 2.72. The number of carbonyl (C=O) groups excluding carboxylic acids is 2. The predicted molar refractivity (Wildman–Crippen MR) is 127 cm³/mol. The average molecular weight is 561 g/mol. The lowest BCUT2D eigenvalue weighted by Crippen LogP contribution is -2.49. The quantitative estimate of drug-likeness (QED) is 0.386. The maximum absolute atomic E-state index is 13.0. The second-order valence-electron chi connectivity index (χ2n) is 6.83. The Morgan fingerprint density at radius 2 is 1.80 bits per heavy atom. The number of ether oxygens (including phenoxy) is 1. The molecule has 0 heterocycles. The maximum atomic E-state index is 13.0. The highest BCUT2D eigenvalue weighted by Crippen LogP contribution is 2.27. The lowest BCUT2D eigenvalue weighted by molar-refractivity contribution is -0.142. The van der Waals surface area contributed by atoms with Crippen LogP contribution in [-0.4, -0.2) is 35.9 Å². The largest absolute Gasteiger partial charge is 0.482 e. The van der Waals surface area contributed by atoms with Gasteiger partial charge in [-0.25, -0.2) is 0 Å². The van der Waals surface area contributed by atoms with E-state index in [1.807, 2.05) is 24.3 Å². The average Bonchev–Trinajstić information content (AvgIpc) is 2.72. The molecular weight excluding hydrogens is 536 g/mol. The van der Waals surface area contributed by atoms with Crippen LogP contribution in [0, 0.1) is 0 Å². The summed E-state index contributed by atoms with van der Waals surface area (Å²) < 4.78 is 7.40. The number of carbonyl (C=O) groups is 2. The van der Waals surface area contributed by atoms with E-state index in [1.54, 1.807) is 25.1 Å². The van der Waals surface area contributed by atoms with Crippen molar-refractivity contribution in [2.24, 2.45) is 0 Å². The first-order valence-electron chi connectivity index (χ1n) is 9.71. The van der Waals surface area contributed by atoms with E-state index >= 15 is 0 Å². The van der Waals surface area contributed by atoms with Gasteiger partial charge in [-0.1, -0.05) is 68.9 Å². The van der Waals surface area contributed by atoms with Crippen LogP contribution in [0.25, 0.3) is 0 Å². The summed E-state index contributed by atoms with van der Waals surface area (Å²) >= 11 is 12.9. The molecule has 0 aliphatic carbocycles. The van der Waals surface area contributed by atoms with Gasteiger partial charge < -0.3 is 15.0 Å². The highest BCUT2D eigenvalue weighted by molar-refractivity contribution is 9.10. The van der Waals surface area contributed by atoms with Crippen LogP contribution in [0.1, 0.15) is 32.3 Å². The summed E-state index contributed by atoms with van der Waals surface area (Å²) in [5, 5.41) is 3.30. The Labute approximate surface area is 199 Å². The zero-order chi connectivity index (χ0) is 22.1. The molecule has 0 aliphatic rings. The number of rotatable bonds is 10. The number of nitrogens with one attached hydrogen (secondary N) is 1. The van der Waals surface area contributed by atoms with Gasteiger partial charge in [0, 0.05) is 22.0 Å². The van der Waals surface area contributed by atoms with Crippen molar-refractivity contribution < 1.29 is 14.3 Å². The lowest BCUT2D eigenvalue weighted by Gasteiger charge is -2.29. The molecule has 162 valence electrons. The van der Waals surface area contributed by atoms with Gasteiger partial charge in [-0.05, 0) is 49.2 Å². The van der Waals surface area contributed by atoms with Crippen LogP contribution in [-0.2, 0) is 16.1 Å². The molecule has 0 fully saturated rings. The van der Waals surface area contributed by atoms with E-state index in [0.29, 0.717) is 23.9 Å². The Morgan fingerprint density at radius 1 is 1.13 bits per heavy atom. The van der Waals surface area contributed by atoms with Crippen molar-refractivity contribution >= 4 is 55.3 Å². The van der Waals surface area contributed by atoms with Gasteiger partial charge in [-0.2, -0.15) is 0 Å². The molecule has 2 aromatic carbocycles. The number of hydrogen-bond acceptors (Lipinski definition) is 3. The van der Waals surface area contributed by atoms with E-state index < -0.39 is 6.04 Å². The summed E-state index contributed by atoms with van der Waals surface area (Å²) in [7, 11) is 0. The van der Waals surface area contributed by atoms with Crippen molar-refractivity contribution in [3.8, 4) is 5.75 Å². The van der Waals surface area contributed by atoms with E-state index in [4.69, 9.17) is 16.3 Å². The smallest absolute Gasteiger partial charge is 0.261 e. The number of unbranched alkanes of at least 4 members (excludes halogenated alkanes) is 1. The van der Waals surface area contributed by atoms with E-state index in [-0.39, 0.29) is 18.4 Å². The van der Waals surface area contributed by atoms with Gasteiger partial charge in [0.15, 0.2) is 6.61 Å². The number of benzene rings is 2. The number of nitrogens with zero attached hydrogens (tertiary/aromatic N) is 1. The SMILES string of the molecule is CCCCNC(=O)[C@H](C)N(Cc1ccc(Br)cc1)C(=O)COc1ccc(Br)cc1Cl. The van der Waals surface area contributed by atoms with Crippen LogP contribution in [0.5, 0.6) is 5.75 Å².